The summed E-state index contributed by atoms with van der Waals surface area (Å²) in [5, 5.41) is 5.03. The predicted molar refractivity (Wildman–Crippen MR) is 77.5 cm³/mol. The second-order valence-electron chi connectivity index (χ2n) is 4.46. The average Bonchev–Trinajstić information content (AvgIpc) is 2.66. The molecular formula is C14H18ClN3O. The van der Waals surface area contributed by atoms with Crippen molar-refractivity contribution in [3.05, 3.63) is 40.2 Å². The molecule has 0 atom stereocenters. The number of hydrogen-bond donors (Lipinski definition) is 1. The molecule has 1 aromatic carbocycles. The number of para-hydroxylation sites is 1. The maximum absolute atomic E-state index is 6.27. The third-order valence-corrected chi connectivity index (χ3v) is 3.59. The molecule has 0 bridgehead atoms. The first kappa shape index (κ1) is 13.7. The van der Waals surface area contributed by atoms with E-state index in [-0.39, 0.29) is 0 Å². The quantitative estimate of drug-likeness (QED) is 0.875. The van der Waals surface area contributed by atoms with Crippen LogP contribution in [-0.4, -0.2) is 9.78 Å². The van der Waals surface area contributed by atoms with Gasteiger partial charge in [-0.2, -0.15) is 5.10 Å². The van der Waals surface area contributed by atoms with Gasteiger partial charge in [0.15, 0.2) is 0 Å². The SMILES string of the molecule is CCc1nn(C)c(COc2cccc(C)c2N)c1Cl. The molecule has 0 fully saturated rings. The summed E-state index contributed by atoms with van der Waals surface area (Å²) in [6.45, 7) is 4.34. The van der Waals surface area contributed by atoms with Crippen LogP contribution in [0.5, 0.6) is 5.75 Å². The molecule has 0 spiro atoms. The number of aryl methyl sites for hydroxylation is 3. The Hall–Kier alpha value is -1.68. The molecular weight excluding hydrogens is 262 g/mol. The van der Waals surface area contributed by atoms with Gasteiger partial charge in [-0.05, 0) is 25.0 Å². The van der Waals surface area contributed by atoms with Crippen LogP contribution in [0.3, 0.4) is 0 Å². The molecule has 19 heavy (non-hydrogen) atoms. The number of nitrogen functional groups attached to an aromatic ring is 1. The first-order valence-electron chi connectivity index (χ1n) is 6.22. The van der Waals surface area contributed by atoms with Gasteiger partial charge in [0.25, 0.3) is 0 Å². The largest absolute Gasteiger partial charge is 0.485 e. The van der Waals surface area contributed by atoms with Crippen molar-refractivity contribution in [2.45, 2.75) is 26.9 Å². The standard InChI is InChI=1S/C14H18ClN3O/c1-4-10-13(15)11(18(3)17-10)8-19-12-7-5-6-9(2)14(12)16/h5-7H,4,8,16H2,1-3H3. The zero-order chi connectivity index (χ0) is 14.0. The highest BCUT2D eigenvalue weighted by molar-refractivity contribution is 6.31. The Kier molecular flexibility index (Phi) is 4.00. The van der Waals surface area contributed by atoms with Gasteiger partial charge in [0, 0.05) is 7.05 Å². The summed E-state index contributed by atoms with van der Waals surface area (Å²) in [5.74, 6) is 0.676. The minimum atomic E-state index is 0.357. The predicted octanol–water partition coefficient (Wildman–Crippen LogP) is 3.11. The summed E-state index contributed by atoms with van der Waals surface area (Å²) in [6, 6.07) is 5.73. The van der Waals surface area contributed by atoms with Crippen molar-refractivity contribution in [1.29, 1.82) is 0 Å². The molecule has 1 aromatic heterocycles. The molecule has 0 aliphatic rings. The number of ether oxygens (including phenoxy) is 1. The van der Waals surface area contributed by atoms with Crippen molar-refractivity contribution in [3.8, 4) is 5.75 Å². The molecule has 2 aromatic rings. The van der Waals surface area contributed by atoms with Gasteiger partial charge in [-0.25, -0.2) is 0 Å². The molecule has 4 nitrogen and oxygen atoms in total. The summed E-state index contributed by atoms with van der Waals surface area (Å²) < 4.78 is 7.51. The highest BCUT2D eigenvalue weighted by Crippen LogP contribution is 2.27. The number of benzene rings is 1. The average molecular weight is 280 g/mol. The molecule has 0 saturated heterocycles. The summed E-state index contributed by atoms with van der Waals surface area (Å²) >= 11 is 6.27. The highest BCUT2D eigenvalue weighted by atomic mass is 35.5. The Balaban J connectivity index is 2.19. The van der Waals surface area contributed by atoms with Gasteiger partial charge >= 0.3 is 0 Å². The second-order valence-corrected chi connectivity index (χ2v) is 4.84. The minimum absolute atomic E-state index is 0.357. The number of aromatic nitrogens is 2. The van der Waals surface area contributed by atoms with E-state index in [1.165, 1.54) is 0 Å². The fourth-order valence-corrected chi connectivity index (χ4v) is 2.25. The van der Waals surface area contributed by atoms with E-state index >= 15 is 0 Å². The normalized spacial score (nSPS) is 10.7. The smallest absolute Gasteiger partial charge is 0.143 e. The lowest BCUT2D eigenvalue weighted by Crippen LogP contribution is -2.05. The molecule has 1 heterocycles. The fraction of sp³-hybridized carbons (Fsp3) is 0.357. The van der Waals surface area contributed by atoms with Crippen LogP contribution < -0.4 is 10.5 Å². The van der Waals surface area contributed by atoms with Crippen molar-refractivity contribution in [2.75, 3.05) is 5.73 Å². The van der Waals surface area contributed by atoms with Crippen molar-refractivity contribution in [3.63, 3.8) is 0 Å². The van der Waals surface area contributed by atoms with Crippen molar-refractivity contribution >= 4 is 17.3 Å². The minimum Gasteiger partial charge on any atom is -0.485 e. The van der Waals surface area contributed by atoms with E-state index in [2.05, 4.69) is 5.10 Å². The first-order valence-corrected chi connectivity index (χ1v) is 6.60. The maximum Gasteiger partial charge on any atom is 0.143 e. The number of nitrogens with two attached hydrogens (primary N) is 1. The van der Waals surface area contributed by atoms with Gasteiger partial charge in [0.1, 0.15) is 12.4 Å². The van der Waals surface area contributed by atoms with E-state index in [4.69, 9.17) is 22.1 Å². The fourth-order valence-electron chi connectivity index (χ4n) is 1.90. The van der Waals surface area contributed by atoms with Gasteiger partial charge in [-0.1, -0.05) is 30.7 Å². The molecule has 5 heteroatoms. The van der Waals surface area contributed by atoms with Gasteiger partial charge in [0.05, 0.1) is 22.1 Å². The summed E-state index contributed by atoms with van der Waals surface area (Å²) in [7, 11) is 1.86. The summed E-state index contributed by atoms with van der Waals surface area (Å²) in [4.78, 5) is 0. The lowest BCUT2D eigenvalue weighted by atomic mass is 10.2. The Morgan fingerprint density at radius 1 is 1.42 bits per heavy atom. The third-order valence-electron chi connectivity index (χ3n) is 3.15. The van der Waals surface area contributed by atoms with Crippen LogP contribution in [0.15, 0.2) is 18.2 Å². The number of halogens is 1. The molecule has 2 rings (SSSR count). The van der Waals surface area contributed by atoms with Crippen LogP contribution in [0.25, 0.3) is 0 Å². The van der Waals surface area contributed by atoms with Crippen molar-refractivity contribution < 1.29 is 4.74 Å². The molecule has 0 unspecified atom stereocenters. The van der Waals surface area contributed by atoms with Gasteiger partial charge < -0.3 is 10.5 Å². The molecule has 0 aliphatic heterocycles. The van der Waals surface area contributed by atoms with Crippen LogP contribution in [0.4, 0.5) is 5.69 Å². The lowest BCUT2D eigenvalue weighted by Gasteiger charge is -2.10. The van der Waals surface area contributed by atoms with Gasteiger partial charge in [0.2, 0.25) is 0 Å². The molecule has 0 saturated carbocycles. The van der Waals surface area contributed by atoms with Gasteiger partial charge in [-0.3, -0.25) is 4.68 Å². The van der Waals surface area contributed by atoms with Crippen LogP contribution in [0.1, 0.15) is 23.9 Å². The molecule has 2 N–H and O–H groups in total. The number of anilines is 1. The van der Waals surface area contributed by atoms with Crippen molar-refractivity contribution in [2.24, 2.45) is 7.05 Å². The van der Waals surface area contributed by atoms with E-state index in [0.717, 1.165) is 23.4 Å². The second kappa shape index (κ2) is 5.53. The topological polar surface area (TPSA) is 53.1 Å². The zero-order valence-corrected chi connectivity index (χ0v) is 12.2. The van der Waals surface area contributed by atoms with Crippen LogP contribution in [0, 0.1) is 6.92 Å². The Labute approximate surface area is 118 Å². The Bertz CT molecular complexity index is 593. The van der Waals surface area contributed by atoms with Crippen LogP contribution in [0.2, 0.25) is 5.02 Å². The first-order chi connectivity index (χ1) is 9.04. The third kappa shape index (κ3) is 2.68. The molecule has 0 radical (unpaired) electrons. The van der Waals surface area contributed by atoms with E-state index in [9.17, 15) is 0 Å². The van der Waals surface area contributed by atoms with Crippen LogP contribution >= 0.6 is 11.6 Å². The molecule has 0 amide bonds. The molecule has 0 aliphatic carbocycles. The number of hydrogen-bond acceptors (Lipinski definition) is 3. The Morgan fingerprint density at radius 3 is 2.79 bits per heavy atom. The van der Waals surface area contributed by atoms with E-state index in [1.807, 2.05) is 39.1 Å². The highest BCUT2D eigenvalue weighted by Gasteiger charge is 2.14. The van der Waals surface area contributed by atoms with Gasteiger partial charge in [-0.15, -0.1) is 0 Å². The van der Waals surface area contributed by atoms with Crippen LogP contribution in [-0.2, 0) is 20.1 Å². The monoisotopic (exact) mass is 279 g/mol. The summed E-state index contributed by atoms with van der Waals surface area (Å²) in [6.07, 6.45) is 0.805. The maximum atomic E-state index is 6.27. The van der Waals surface area contributed by atoms with Crippen molar-refractivity contribution in [1.82, 2.24) is 9.78 Å². The van der Waals surface area contributed by atoms with E-state index in [1.54, 1.807) is 4.68 Å². The lowest BCUT2D eigenvalue weighted by molar-refractivity contribution is 0.296. The van der Waals surface area contributed by atoms with E-state index < -0.39 is 0 Å². The Morgan fingerprint density at radius 2 is 2.16 bits per heavy atom. The number of nitrogens with zero attached hydrogens (tertiary/aromatic N) is 2. The zero-order valence-electron chi connectivity index (χ0n) is 11.4. The summed E-state index contributed by atoms with van der Waals surface area (Å²) in [5.41, 5.74) is 9.39. The molecule has 102 valence electrons. The number of rotatable bonds is 4. The van der Waals surface area contributed by atoms with E-state index in [0.29, 0.717) is 23.1 Å².